The van der Waals surface area contributed by atoms with Crippen LogP contribution >= 0.6 is 11.6 Å². The highest BCUT2D eigenvalue weighted by Gasteiger charge is 2.24. The molecule has 18 heavy (non-hydrogen) atoms. The summed E-state index contributed by atoms with van der Waals surface area (Å²) in [6, 6.07) is 2.73. The molecule has 0 spiro atoms. The fourth-order valence-electron chi connectivity index (χ4n) is 2.84. The van der Waals surface area contributed by atoms with Gasteiger partial charge in [-0.15, -0.1) is 11.6 Å². The van der Waals surface area contributed by atoms with Crippen LogP contribution in [-0.4, -0.2) is 17.6 Å². The molecule has 1 aliphatic carbocycles. The lowest BCUT2D eigenvalue weighted by molar-refractivity contribution is 0.534. The molecule has 1 aromatic heterocycles. The Morgan fingerprint density at radius 1 is 1.39 bits per heavy atom. The molecule has 100 valence electrons. The van der Waals surface area contributed by atoms with Gasteiger partial charge in [-0.25, -0.2) is 0 Å². The third kappa shape index (κ3) is 3.17. The molecule has 1 aliphatic rings. The first-order valence-electron chi connectivity index (χ1n) is 6.98. The lowest BCUT2D eigenvalue weighted by Gasteiger charge is -2.33. The van der Waals surface area contributed by atoms with Gasteiger partial charge in [0.05, 0.1) is 11.9 Å². The predicted molar refractivity (Wildman–Crippen MR) is 78.2 cm³/mol. The number of pyridine rings is 1. The molecular formula is C15H23ClN2. The summed E-state index contributed by atoms with van der Waals surface area (Å²) in [6.07, 6.45) is 9.15. The number of alkyl halides is 1. The second-order valence-corrected chi connectivity index (χ2v) is 5.89. The van der Waals surface area contributed by atoms with E-state index in [4.69, 9.17) is 11.6 Å². The zero-order valence-electron chi connectivity index (χ0n) is 11.4. The Hall–Kier alpha value is -0.760. The van der Waals surface area contributed by atoms with Gasteiger partial charge in [-0.05, 0) is 30.4 Å². The fraction of sp³-hybridized carbons (Fsp3) is 0.667. The van der Waals surface area contributed by atoms with Crippen molar-refractivity contribution in [3.63, 3.8) is 0 Å². The predicted octanol–water partition coefficient (Wildman–Crippen LogP) is 4.23. The topological polar surface area (TPSA) is 16.1 Å². The van der Waals surface area contributed by atoms with E-state index in [0.29, 0.717) is 17.8 Å². The number of hydrogen-bond donors (Lipinski definition) is 0. The molecule has 0 aliphatic heterocycles. The first kappa shape index (κ1) is 13.7. The molecule has 2 nitrogen and oxygen atoms in total. The lowest BCUT2D eigenvalue weighted by Crippen LogP contribution is -2.37. The van der Waals surface area contributed by atoms with Gasteiger partial charge in [0.1, 0.15) is 0 Å². The van der Waals surface area contributed by atoms with Crippen LogP contribution in [0.1, 0.15) is 45.1 Å². The van der Waals surface area contributed by atoms with Gasteiger partial charge in [0.15, 0.2) is 0 Å². The fourth-order valence-corrected chi connectivity index (χ4v) is 3.07. The van der Waals surface area contributed by atoms with Crippen LogP contribution in [0.5, 0.6) is 0 Å². The highest BCUT2D eigenvalue weighted by Crippen LogP contribution is 2.31. The Morgan fingerprint density at radius 3 is 2.72 bits per heavy atom. The first-order chi connectivity index (χ1) is 8.72. The Morgan fingerprint density at radius 2 is 2.11 bits per heavy atom. The first-order valence-corrected chi connectivity index (χ1v) is 7.51. The van der Waals surface area contributed by atoms with Gasteiger partial charge in [-0.1, -0.05) is 26.7 Å². The van der Waals surface area contributed by atoms with Gasteiger partial charge in [0, 0.05) is 24.7 Å². The summed E-state index contributed by atoms with van der Waals surface area (Å²) < 4.78 is 0. The van der Waals surface area contributed by atoms with Crippen molar-refractivity contribution >= 4 is 17.3 Å². The molecule has 0 amide bonds. The standard InChI is InChI=1S/C15H23ClN2/c1-12(2)11-18(14-5-3-4-6-14)15-10-17-8-7-13(15)9-16/h7-8,10,12,14H,3-6,9,11H2,1-2H3. The zero-order chi connectivity index (χ0) is 13.0. The summed E-state index contributed by atoms with van der Waals surface area (Å²) in [5.74, 6) is 1.23. The number of rotatable bonds is 5. The van der Waals surface area contributed by atoms with Crippen molar-refractivity contribution in [3.05, 3.63) is 24.0 Å². The van der Waals surface area contributed by atoms with Crippen molar-refractivity contribution in [1.29, 1.82) is 0 Å². The maximum atomic E-state index is 6.06. The second kappa shape index (κ2) is 6.42. The van der Waals surface area contributed by atoms with E-state index in [1.165, 1.54) is 36.9 Å². The molecule has 2 rings (SSSR count). The van der Waals surface area contributed by atoms with E-state index < -0.39 is 0 Å². The minimum Gasteiger partial charge on any atom is -0.367 e. The molecule has 1 saturated carbocycles. The molecular weight excluding hydrogens is 244 g/mol. The van der Waals surface area contributed by atoms with Crippen molar-refractivity contribution in [3.8, 4) is 0 Å². The Kier molecular flexibility index (Phi) is 4.87. The Labute approximate surface area is 115 Å². The van der Waals surface area contributed by atoms with Crippen LogP contribution in [0.4, 0.5) is 5.69 Å². The summed E-state index contributed by atoms with van der Waals surface area (Å²) in [5, 5.41) is 0. The minimum atomic E-state index is 0.569. The number of hydrogen-bond acceptors (Lipinski definition) is 2. The third-order valence-electron chi connectivity index (χ3n) is 3.67. The number of halogens is 1. The summed E-state index contributed by atoms with van der Waals surface area (Å²) in [6.45, 7) is 5.65. The molecule has 0 N–H and O–H groups in total. The van der Waals surface area contributed by atoms with E-state index in [1.807, 2.05) is 18.5 Å². The monoisotopic (exact) mass is 266 g/mol. The molecule has 1 heterocycles. The van der Waals surface area contributed by atoms with Crippen LogP contribution in [-0.2, 0) is 5.88 Å². The molecule has 3 heteroatoms. The highest BCUT2D eigenvalue weighted by atomic mass is 35.5. The maximum absolute atomic E-state index is 6.06. The van der Waals surface area contributed by atoms with Crippen LogP contribution < -0.4 is 4.90 Å². The van der Waals surface area contributed by atoms with Crippen LogP contribution in [0.25, 0.3) is 0 Å². The van der Waals surface area contributed by atoms with Gasteiger partial charge in [0.25, 0.3) is 0 Å². The molecule has 0 saturated heterocycles. The quantitative estimate of drug-likeness (QED) is 0.742. The third-order valence-corrected chi connectivity index (χ3v) is 3.96. The summed E-state index contributed by atoms with van der Waals surface area (Å²) in [4.78, 5) is 6.84. The second-order valence-electron chi connectivity index (χ2n) is 5.62. The Balaban J connectivity index is 2.26. The van der Waals surface area contributed by atoms with Gasteiger partial charge >= 0.3 is 0 Å². The van der Waals surface area contributed by atoms with Crippen LogP contribution in [0.3, 0.4) is 0 Å². The van der Waals surface area contributed by atoms with Crippen LogP contribution in [0.2, 0.25) is 0 Å². The van der Waals surface area contributed by atoms with E-state index in [1.54, 1.807) is 0 Å². The van der Waals surface area contributed by atoms with Crippen molar-refractivity contribution in [2.45, 2.75) is 51.5 Å². The molecule has 1 aromatic rings. The average molecular weight is 267 g/mol. The molecule has 0 unspecified atom stereocenters. The normalized spacial score (nSPS) is 16.4. The molecule has 0 radical (unpaired) electrons. The van der Waals surface area contributed by atoms with Gasteiger partial charge in [-0.3, -0.25) is 4.98 Å². The summed E-state index contributed by atoms with van der Waals surface area (Å²) in [7, 11) is 0. The molecule has 0 bridgehead atoms. The van der Waals surface area contributed by atoms with Crippen LogP contribution in [0, 0.1) is 5.92 Å². The molecule has 0 atom stereocenters. The average Bonchev–Trinajstić information content (AvgIpc) is 2.89. The number of anilines is 1. The maximum Gasteiger partial charge on any atom is 0.0600 e. The SMILES string of the molecule is CC(C)CN(c1cnccc1CCl)C1CCCC1. The van der Waals surface area contributed by atoms with Crippen molar-refractivity contribution in [2.24, 2.45) is 5.92 Å². The van der Waals surface area contributed by atoms with Crippen molar-refractivity contribution in [1.82, 2.24) is 4.98 Å². The number of aromatic nitrogens is 1. The summed E-state index contributed by atoms with van der Waals surface area (Å²) in [5.41, 5.74) is 2.45. The van der Waals surface area contributed by atoms with Crippen LogP contribution in [0.15, 0.2) is 18.5 Å². The van der Waals surface area contributed by atoms with Gasteiger partial charge in [-0.2, -0.15) is 0 Å². The molecule has 0 aromatic carbocycles. The van der Waals surface area contributed by atoms with Crippen molar-refractivity contribution < 1.29 is 0 Å². The smallest absolute Gasteiger partial charge is 0.0600 e. The van der Waals surface area contributed by atoms with Gasteiger partial charge < -0.3 is 4.90 Å². The number of nitrogens with zero attached hydrogens (tertiary/aromatic N) is 2. The van der Waals surface area contributed by atoms with E-state index in [-0.39, 0.29) is 0 Å². The zero-order valence-corrected chi connectivity index (χ0v) is 12.2. The van der Waals surface area contributed by atoms with E-state index in [2.05, 4.69) is 23.7 Å². The molecule has 1 fully saturated rings. The largest absolute Gasteiger partial charge is 0.367 e. The van der Waals surface area contributed by atoms with E-state index in [0.717, 1.165) is 6.54 Å². The van der Waals surface area contributed by atoms with E-state index >= 15 is 0 Å². The minimum absolute atomic E-state index is 0.569. The highest BCUT2D eigenvalue weighted by molar-refractivity contribution is 6.17. The lowest BCUT2D eigenvalue weighted by atomic mass is 10.1. The van der Waals surface area contributed by atoms with Crippen molar-refractivity contribution in [2.75, 3.05) is 11.4 Å². The van der Waals surface area contributed by atoms with E-state index in [9.17, 15) is 0 Å². The van der Waals surface area contributed by atoms with Gasteiger partial charge in [0.2, 0.25) is 0 Å². The Bertz CT molecular complexity index is 373. The summed E-state index contributed by atoms with van der Waals surface area (Å²) >= 11 is 6.06.